The number of likely N-dealkylation sites (tertiary alicyclic amines) is 1. The number of hydrogen-bond acceptors (Lipinski definition) is 6. The summed E-state index contributed by atoms with van der Waals surface area (Å²) in [7, 11) is -3.82. The van der Waals surface area contributed by atoms with Gasteiger partial charge in [-0.05, 0) is 52.7 Å². The SMILES string of the molecule is Cc1ccc(S(=O)(=O)OC2COC3(CCN(C(=O)OC(C)(C)C)CC3)C2)cc1. The molecule has 2 heterocycles. The van der Waals surface area contributed by atoms with E-state index < -0.39 is 27.4 Å². The van der Waals surface area contributed by atoms with Gasteiger partial charge in [-0.25, -0.2) is 4.79 Å². The van der Waals surface area contributed by atoms with E-state index in [1.807, 2.05) is 27.7 Å². The highest BCUT2D eigenvalue weighted by Gasteiger charge is 2.45. The maximum Gasteiger partial charge on any atom is 0.410 e. The lowest BCUT2D eigenvalue weighted by molar-refractivity contribution is -0.0490. The minimum absolute atomic E-state index is 0.152. The Morgan fingerprint density at radius 2 is 1.79 bits per heavy atom. The molecule has 1 unspecified atom stereocenters. The molecule has 0 saturated carbocycles. The van der Waals surface area contributed by atoms with Crippen molar-refractivity contribution < 1.29 is 26.9 Å². The Morgan fingerprint density at radius 3 is 2.36 bits per heavy atom. The van der Waals surface area contributed by atoms with E-state index in [-0.39, 0.29) is 17.6 Å². The van der Waals surface area contributed by atoms with Crippen molar-refractivity contribution in [2.45, 2.75) is 69.2 Å². The van der Waals surface area contributed by atoms with Crippen LogP contribution >= 0.6 is 0 Å². The molecule has 2 fully saturated rings. The number of ether oxygens (including phenoxy) is 2. The topological polar surface area (TPSA) is 82.1 Å². The predicted molar refractivity (Wildman–Crippen MR) is 104 cm³/mol. The first-order chi connectivity index (χ1) is 13.0. The number of aryl methyl sites for hydroxylation is 1. The van der Waals surface area contributed by atoms with E-state index in [9.17, 15) is 13.2 Å². The first kappa shape index (κ1) is 21.1. The molecular weight excluding hydrogens is 382 g/mol. The molecule has 2 aliphatic heterocycles. The third kappa shape index (κ3) is 5.04. The lowest BCUT2D eigenvalue weighted by Crippen LogP contribution is -2.48. The smallest absolute Gasteiger partial charge is 0.410 e. The van der Waals surface area contributed by atoms with Crippen LogP contribution in [0.3, 0.4) is 0 Å². The van der Waals surface area contributed by atoms with Crippen LogP contribution in [0.4, 0.5) is 4.79 Å². The van der Waals surface area contributed by atoms with Crippen LogP contribution in [0, 0.1) is 6.92 Å². The molecule has 8 heteroatoms. The second-order valence-electron chi connectivity index (χ2n) is 8.65. The number of nitrogens with zero attached hydrogens (tertiary/aromatic N) is 1. The molecule has 1 spiro atoms. The normalized spacial score (nSPS) is 22.4. The summed E-state index contributed by atoms with van der Waals surface area (Å²) in [5, 5.41) is 0. The van der Waals surface area contributed by atoms with Gasteiger partial charge in [0.15, 0.2) is 0 Å². The molecule has 3 rings (SSSR count). The van der Waals surface area contributed by atoms with Crippen molar-refractivity contribution in [2.75, 3.05) is 19.7 Å². The van der Waals surface area contributed by atoms with Crippen molar-refractivity contribution in [3.05, 3.63) is 29.8 Å². The number of carbonyl (C=O) groups is 1. The maximum atomic E-state index is 12.5. The lowest BCUT2D eigenvalue weighted by Gasteiger charge is -2.38. The monoisotopic (exact) mass is 411 g/mol. The van der Waals surface area contributed by atoms with Crippen molar-refractivity contribution in [1.82, 2.24) is 4.90 Å². The molecule has 0 aliphatic carbocycles. The van der Waals surface area contributed by atoms with Crippen LogP contribution in [0.5, 0.6) is 0 Å². The summed E-state index contributed by atoms with van der Waals surface area (Å²) in [4.78, 5) is 14.0. The fraction of sp³-hybridized carbons (Fsp3) is 0.650. The van der Waals surface area contributed by atoms with Crippen molar-refractivity contribution in [1.29, 1.82) is 0 Å². The summed E-state index contributed by atoms with van der Waals surface area (Å²) in [5.41, 5.74) is 0.0181. The van der Waals surface area contributed by atoms with E-state index in [0.717, 1.165) is 5.56 Å². The van der Waals surface area contributed by atoms with E-state index in [0.29, 0.717) is 32.4 Å². The molecule has 0 radical (unpaired) electrons. The van der Waals surface area contributed by atoms with Crippen LogP contribution in [0.1, 0.15) is 45.6 Å². The average Bonchev–Trinajstić information content (AvgIpc) is 2.96. The first-order valence-corrected chi connectivity index (χ1v) is 11.0. The third-order valence-corrected chi connectivity index (χ3v) is 6.45. The van der Waals surface area contributed by atoms with Gasteiger partial charge in [-0.15, -0.1) is 0 Å². The summed E-state index contributed by atoms with van der Waals surface area (Å²) in [5.74, 6) is 0. The Morgan fingerprint density at radius 1 is 1.18 bits per heavy atom. The number of hydrogen-bond donors (Lipinski definition) is 0. The molecule has 2 saturated heterocycles. The standard InChI is InChI=1S/C20H29NO6S/c1-15-5-7-17(8-6-15)28(23,24)27-16-13-20(25-14-16)9-11-21(12-10-20)18(22)26-19(2,3)4/h5-8,16H,9-14H2,1-4H3. The number of piperidine rings is 1. The van der Waals surface area contributed by atoms with Gasteiger partial charge in [0.05, 0.1) is 17.1 Å². The molecule has 156 valence electrons. The fourth-order valence-corrected chi connectivity index (χ4v) is 4.64. The van der Waals surface area contributed by atoms with Gasteiger partial charge in [-0.3, -0.25) is 4.18 Å². The van der Waals surface area contributed by atoms with Crippen LogP contribution < -0.4 is 0 Å². The number of carbonyl (C=O) groups excluding carboxylic acids is 1. The number of rotatable bonds is 3. The number of amides is 1. The summed E-state index contributed by atoms with van der Waals surface area (Å²) in [6.07, 6.45) is 0.933. The van der Waals surface area contributed by atoms with Gasteiger partial charge in [0.25, 0.3) is 10.1 Å². The molecule has 1 amide bonds. The van der Waals surface area contributed by atoms with Gasteiger partial charge >= 0.3 is 6.09 Å². The van der Waals surface area contributed by atoms with Gasteiger partial charge in [0.2, 0.25) is 0 Å². The Bertz CT molecular complexity index is 804. The molecule has 1 aromatic carbocycles. The zero-order valence-corrected chi connectivity index (χ0v) is 17.8. The third-order valence-electron chi connectivity index (χ3n) is 5.07. The Balaban J connectivity index is 1.56. The van der Waals surface area contributed by atoms with Gasteiger partial charge in [0.1, 0.15) is 11.7 Å². The van der Waals surface area contributed by atoms with Gasteiger partial charge in [-0.1, -0.05) is 17.7 Å². The fourth-order valence-electron chi connectivity index (χ4n) is 3.58. The van der Waals surface area contributed by atoms with Crippen molar-refractivity contribution >= 4 is 16.2 Å². The first-order valence-electron chi connectivity index (χ1n) is 9.60. The van der Waals surface area contributed by atoms with E-state index in [1.165, 1.54) is 0 Å². The minimum atomic E-state index is -3.82. The molecular formula is C20H29NO6S. The highest BCUT2D eigenvalue weighted by molar-refractivity contribution is 7.86. The summed E-state index contributed by atoms with van der Waals surface area (Å²) < 4.78 is 41.8. The van der Waals surface area contributed by atoms with Crippen LogP contribution in [-0.2, 0) is 23.8 Å². The quantitative estimate of drug-likeness (QED) is 0.710. The van der Waals surface area contributed by atoms with Crippen molar-refractivity contribution in [3.8, 4) is 0 Å². The average molecular weight is 412 g/mol. The minimum Gasteiger partial charge on any atom is -0.444 e. The van der Waals surface area contributed by atoms with E-state index in [4.69, 9.17) is 13.7 Å². The molecule has 1 aromatic rings. The number of benzene rings is 1. The highest BCUT2D eigenvalue weighted by Crippen LogP contribution is 2.38. The van der Waals surface area contributed by atoms with Crippen molar-refractivity contribution in [2.24, 2.45) is 0 Å². The maximum absolute atomic E-state index is 12.5. The second kappa shape index (κ2) is 7.65. The van der Waals surface area contributed by atoms with Crippen LogP contribution in [0.25, 0.3) is 0 Å². The van der Waals surface area contributed by atoms with Crippen LogP contribution in [-0.4, -0.2) is 56.4 Å². The molecule has 0 N–H and O–H groups in total. The molecule has 2 aliphatic rings. The van der Waals surface area contributed by atoms with E-state index in [2.05, 4.69) is 0 Å². The predicted octanol–water partition coefficient (Wildman–Crippen LogP) is 3.26. The summed E-state index contributed by atoms with van der Waals surface area (Å²) in [6, 6.07) is 6.59. The molecule has 0 aromatic heterocycles. The summed E-state index contributed by atoms with van der Waals surface area (Å²) >= 11 is 0. The van der Waals surface area contributed by atoms with Gasteiger partial charge in [0, 0.05) is 19.5 Å². The van der Waals surface area contributed by atoms with Crippen LogP contribution in [0.15, 0.2) is 29.2 Å². The Kier molecular flexibility index (Phi) is 5.76. The van der Waals surface area contributed by atoms with Crippen molar-refractivity contribution in [3.63, 3.8) is 0 Å². The largest absolute Gasteiger partial charge is 0.444 e. The lowest BCUT2D eigenvalue weighted by atomic mass is 9.88. The van der Waals surface area contributed by atoms with Gasteiger partial charge < -0.3 is 14.4 Å². The zero-order chi connectivity index (χ0) is 20.6. The molecule has 0 bridgehead atoms. The van der Waals surface area contributed by atoms with Gasteiger partial charge in [-0.2, -0.15) is 8.42 Å². The second-order valence-corrected chi connectivity index (χ2v) is 10.2. The Labute approximate surface area is 167 Å². The Hall–Kier alpha value is -1.64. The highest BCUT2D eigenvalue weighted by atomic mass is 32.2. The molecule has 1 atom stereocenters. The summed E-state index contributed by atoms with van der Waals surface area (Å²) in [6.45, 7) is 8.69. The molecule has 7 nitrogen and oxygen atoms in total. The van der Waals surface area contributed by atoms with Crippen LogP contribution in [0.2, 0.25) is 0 Å². The van der Waals surface area contributed by atoms with E-state index in [1.54, 1.807) is 29.2 Å². The zero-order valence-electron chi connectivity index (χ0n) is 16.9. The molecule has 28 heavy (non-hydrogen) atoms. The van der Waals surface area contributed by atoms with E-state index >= 15 is 0 Å².